The van der Waals surface area contributed by atoms with Crippen LogP contribution in [0, 0.1) is 6.92 Å². The minimum absolute atomic E-state index is 0.00910. The summed E-state index contributed by atoms with van der Waals surface area (Å²) in [4.78, 5) is 16.2. The van der Waals surface area contributed by atoms with E-state index < -0.39 is 5.97 Å². The quantitative estimate of drug-likeness (QED) is 0.617. The zero-order valence-corrected chi connectivity index (χ0v) is 13.5. The molecule has 1 aromatic carbocycles. The van der Waals surface area contributed by atoms with Crippen molar-refractivity contribution in [3.05, 3.63) is 40.9 Å². The molecule has 1 N–H and O–H groups in total. The van der Waals surface area contributed by atoms with E-state index in [-0.39, 0.29) is 6.42 Å². The van der Waals surface area contributed by atoms with Gasteiger partial charge >= 0.3 is 5.97 Å². The van der Waals surface area contributed by atoms with E-state index in [4.69, 9.17) is 5.11 Å². The maximum atomic E-state index is 10.6. The number of carboxylic acid groups (broad SMARTS) is 1. The lowest BCUT2D eigenvalue weighted by Crippen LogP contribution is -1.99. The molecule has 0 amide bonds. The molecule has 2 aromatic rings. The average molecular weight is 325 g/mol. The number of benzene rings is 1. The monoisotopic (exact) mass is 325 g/mol. The van der Waals surface area contributed by atoms with E-state index in [1.165, 1.54) is 21.8 Å². The Morgan fingerprint density at radius 3 is 2.65 bits per heavy atom. The van der Waals surface area contributed by atoms with Gasteiger partial charge < -0.3 is 5.11 Å². The molecule has 0 atom stereocenters. The van der Waals surface area contributed by atoms with Gasteiger partial charge in [0.05, 0.1) is 12.1 Å². The van der Waals surface area contributed by atoms with Crippen molar-refractivity contribution in [3.8, 4) is 0 Å². The zero-order valence-electron chi connectivity index (χ0n) is 11.0. The lowest BCUT2D eigenvalue weighted by molar-refractivity contribution is -0.136. The number of aryl methyl sites for hydroxylation is 1. The van der Waals surface area contributed by atoms with Crippen LogP contribution in [0.3, 0.4) is 0 Å². The minimum Gasteiger partial charge on any atom is -0.481 e. The number of hydrogen-bond acceptors (Lipinski definition) is 5. The fraction of sp³-hybridized carbons (Fsp3) is 0.286. The molecule has 0 bridgehead atoms. The third kappa shape index (κ3) is 5.19. The smallest absolute Gasteiger partial charge is 0.309 e. The lowest BCUT2D eigenvalue weighted by Gasteiger charge is -2.01. The number of carboxylic acids is 1. The minimum atomic E-state index is -0.832. The van der Waals surface area contributed by atoms with Gasteiger partial charge in [0.2, 0.25) is 0 Å². The Bertz CT molecular complexity index is 566. The van der Waals surface area contributed by atoms with E-state index in [0.29, 0.717) is 5.69 Å². The Hall–Kier alpha value is -0.980. The summed E-state index contributed by atoms with van der Waals surface area (Å²) >= 11 is 5.03. The van der Waals surface area contributed by atoms with E-state index >= 15 is 0 Å². The molecule has 0 fully saturated rings. The summed E-state index contributed by atoms with van der Waals surface area (Å²) in [6, 6.07) is 8.51. The first-order valence-corrected chi connectivity index (χ1v) is 8.97. The Morgan fingerprint density at radius 2 is 1.95 bits per heavy atom. The van der Waals surface area contributed by atoms with Crippen LogP contribution >= 0.6 is 34.9 Å². The van der Waals surface area contributed by atoms with Crippen molar-refractivity contribution in [2.24, 2.45) is 0 Å². The van der Waals surface area contributed by atoms with Gasteiger partial charge in [-0.05, 0) is 19.1 Å². The fourth-order valence-electron chi connectivity index (χ4n) is 1.51. The molecule has 3 nitrogen and oxygen atoms in total. The largest absolute Gasteiger partial charge is 0.481 e. The average Bonchev–Trinajstić information content (AvgIpc) is 2.83. The van der Waals surface area contributed by atoms with Gasteiger partial charge in [-0.1, -0.05) is 29.5 Å². The normalized spacial score (nSPS) is 10.7. The Kier molecular flexibility index (Phi) is 5.94. The molecule has 1 heterocycles. The number of carbonyl (C=O) groups is 1. The molecule has 20 heavy (non-hydrogen) atoms. The van der Waals surface area contributed by atoms with E-state index in [1.807, 2.05) is 17.1 Å². The molecule has 106 valence electrons. The van der Waals surface area contributed by atoms with E-state index in [9.17, 15) is 4.79 Å². The Labute approximate surface area is 130 Å². The van der Waals surface area contributed by atoms with Crippen molar-refractivity contribution < 1.29 is 9.90 Å². The fourth-order valence-corrected chi connectivity index (χ4v) is 4.31. The lowest BCUT2D eigenvalue weighted by atomic mass is 10.2. The molecule has 0 spiro atoms. The number of aliphatic carboxylic acids is 1. The molecule has 1 aromatic heterocycles. The van der Waals surface area contributed by atoms with Crippen LogP contribution in [0.5, 0.6) is 0 Å². The van der Waals surface area contributed by atoms with Gasteiger partial charge in [-0.15, -0.1) is 23.1 Å². The molecule has 0 unspecified atom stereocenters. The standard InChI is InChI=1S/C14H15NO2S3/c1-10-2-4-12(5-3-10)18-6-7-19-14-15-11(9-20-14)8-13(16)17/h2-5,9H,6-8H2,1H3,(H,16,17). The zero-order chi connectivity index (χ0) is 14.4. The summed E-state index contributed by atoms with van der Waals surface area (Å²) in [5.74, 6) is 1.15. The highest BCUT2D eigenvalue weighted by atomic mass is 32.2. The van der Waals surface area contributed by atoms with E-state index in [1.54, 1.807) is 11.8 Å². The van der Waals surface area contributed by atoms with Crippen molar-refractivity contribution in [1.29, 1.82) is 0 Å². The summed E-state index contributed by atoms with van der Waals surface area (Å²) in [6.45, 7) is 2.08. The van der Waals surface area contributed by atoms with Gasteiger partial charge in [-0.25, -0.2) is 4.98 Å². The van der Waals surface area contributed by atoms with Gasteiger partial charge in [-0.3, -0.25) is 4.79 Å². The molecule has 6 heteroatoms. The number of thioether (sulfide) groups is 2. The summed E-state index contributed by atoms with van der Waals surface area (Å²) in [5, 5.41) is 10.5. The van der Waals surface area contributed by atoms with Crippen LogP contribution in [0.25, 0.3) is 0 Å². The van der Waals surface area contributed by atoms with Crippen molar-refractivity contribution in [1.82, 2.24) is 4.98 Å². The molecule has 0 saturated carbocycles. The van der Waals surface area contributed by atoms with Crippen LogP contribution in [0.2, 0.25) is 0 Å². The number of rotatable bonds is 7. The second kappa shape index (κ2) is 7.71. The van der Waals surface area contributed by atoms with Crippen LogP contribution in [0.15, 0.2) is 38.9 Å². The third-order valence-electron chi connectivity index (χ3n) is 2.46. The van der Waals surface area contributed by atoms with Gasteiger partial charge in [-0.2, -0.15) is 0 Å². The van der Waals surface area contributed by atoms with Crippen LogP contribution in [-0.2, 0) is 11.2 Å². The predicted octanol–water partition coefficient (Wildman–Crippen LogP) is 3.96. The molecule has 0 radical (unpaired) electrons. The molecule has 2 rings (SSSR count). The molecule has 0 saturated heterocycles. The summed E-state index contributed by atoms with van der Waals surface area (Å²) in [6.07, 6.45) is 0.00910. The van der Waals surface area contributed by atoms with Crippen molar-refractivity contribution in [3.63, 3.8) is 0 Å². The maximum Gasteiger partial charge on any atom is 0.309 e. The van der Waals surface area contributed by atoms with Gasteiger partial charge in [0.1, 0.15) is 4.34 Å². The second-order valence-electron chi connectivity index (χ2n) is 4.19. The van der Waals surface area contributed by atoms with Gasteiger partial charge in [0, 0.05) is 21.8 Å². The summed E-state index contributed by atoms with van der Waals surface area (Å²) in [5.41, 5.74) is 1.92. The van der Waals surface area contributed by atoms with Crippen molar-refractivity contribution >= 4 is 40.8 Å². The number of thiazole rings is 1. The Balaban J connectivity index is 1.71. The van der Waals surface area contributed by atoms with Crippen LogP contribution in [0.4, 0.5) is 0 Å². The number of aromatic nitrogens is 1. The summed E-state index contributed by atoms with van der Waals surface area (Å²) in [7, 11) is 0. The molecule has 0 aliphatic heterocycles. The summed E-state index contributed by atoms with van der Waals surface area (Å²) < 4.78 is 0.950. The maximum absolute atomic E-state index is 10.6. The van der Waals surface area contributed by atoms with Crippen LogP contribution in [-0.4, -0.2) is 27.6 Å². The first kappa shape index (κ1) is 15.4. The predicted molar refractivity (Wildman–Crippen MR) is 86.1 cm³/mol. The highest BCUT2D eigenvalue weighted by Gasteiger charge is 2.06. The molecule has 0 aliphatic carbocycles. The Morgan fingerprint density at radius 1 is 1.25 bits per heavy atom. The molecule has 0 aliphatic rings. The van der Waals surface area contributed by atoms with E-state index in [2.05, 4.69) is 36.2 Å². The molecular formula is C14H15NO2S3. The van der Waals surface area contributed by atoms with Crippen molar-refractivity contribution in [2.45, 2.75) is 22.6 Å². The highest BCUT2D eigenvalue weighted by molar-refractivity contribution is 8.03. The van der Waals surface area contributed by atoms with E-state index in [0.717, 1.165) is 15.8 Å². The SMILES string of the molecule is Cc1ccc(SCCSc2nc(CC(=O)O)cs2)cc1. The number of nitrogens with zero attached hydrogens (tertiary/aromatic N) is 1. The first-order valence-electron chi connectivity index (χ1n) is 6.12. The van der Waals surface area contributed by atoms with Crippen LogP contribution < -0.4 is 0 Å². The van der Waals surface area contributed by atoms with Gasteiger partial charge in [0.25, 0.3) is 0 Å². The van der Waals surface area contributed by atoms with Crippen LogP contribution in [0.1, 0.15) is 11.3 Å². The topological polar surface area (TPSA) is 50.2 Å². The van der Waals surface area contributed by atoms with Crippen molar-refractivity contribution in [2.75, 3.05) is 11.5 Å². The van der Waals surface area contributed by atoms with Gasteiger partial charge in [0.15, 0.2) is 0 Å². The first-order chi connectivity index (χ1) is 9.63. The number of hydrogen-bond donors (Lipinski definition) is 1. The second-order valence-corrected chi connectivity index (χ2v) is 7.55. The highest BCUT2D eigenvalue weighted by Crippen LogP contribution is 2.25. The third-order valence-corrected chi connectivity index (χ3v) is 5.81. The molecular weight excluding hydrogens is 310 g/mol.